The summed E-state index contributed by atoms with van der Waals surface area (Å²) in [5.74, 6) is 0. The minimum atomic E-state index is -0.118. The Bertz CT molecular complexity index is 949. The van der Waals surface area contributed by atoms with Crippen molar-refractivity contribution in [1.29, 1.82) is 0 Å². The highest BCUT2D eigenvalue weighted by molar-refractivity contribution is 5.93. The summed E-state index contributed by atoms with van der Waals surface area (Å²) in [7, 11) is 1.81. The van der Waals surface area contributed by atoms with Gasteiger partial charge in [0.15, 0.2) is 0 Å². The number of nitrogens with one attached hydrogen (secondary N) is 1. The Labute approximate surface area is 165 Å². The third-order valence-electron chi connectivity index (χ3n) is 5.08. The van der Waals surface area contributed by atoms with Gasteiger partial charge >= 0.3 is 6.03 Å². The molecule has 28 heavy (non-hydrogen) atoms. The Balaban J connectivity index is 1.36. The lowest BCUT2D eigenvalue weighted by molar-refractivity contribution is 0.122. The van der Waals surface area contributed by atoms with Crippen LogP contribution in [0.5, 0.6) is 0 Å². The standard InChI is InChI=1S/C23H25N3O2/c1-25(17-18-6-10-22(11-7-18)26-12-14-28-15-13-26)23(27)24-21-9-8-19-4-2-3-5-20(19)16-21/h2-11,16H,12-15,17H2,1H3,(H,24,27). The molecule has 0 bridgehead atoms. The average molecular weight is 375 g/mol. The summed E-state index contributed by atoms with van der Waals surface area (Å²) in [6.07, 6.45) is 0. The van der Waals surface area contributed by atoms with Crippen molar-refractivity contribution in [2.24, 2.45) is 0 Å². The fourth-order valence-corrected chi connectivity index (χ4v) is 3.47. The highest BCUT2D eigenvalue weighted by Crippen LogP contribution is 2.20. The van der Waals surface area contributed by atoms with E-state index in [1.54, 1.807) is 4.90 Å². The first kappa shape index (κ1) is 18.3. The molecule has 2 amide bonds. The van der Waals surface area contributed by atoms with Crippen molar-refractivity contribution in [3.63, 3.8) is 0 Å². The normalized spacial score (nSPS) is 14.1. The predicted octanol–water partition coefficient (Wildman–Crippen LogP) is 4.34. The van der Waals surface area contributed by atoms with E-state index in [0.717, 1.165) is 48.3 Å². The van der Waals surface area contributed by atoms with E-state index < -0.39 is 0 Å². The number of nitrogens with zero attached hydrogens (tertiary/aromatic N) is 2. The molecule has 0 aromatic heterocycles. The van der Waals surface area contributed by atoms with Crippen LogP contribution in [0.25, 0.3) is 10.8 Å². The van der Waals surface area contributed by atoms with Gasteiger partial charge in [0.2, 0.25) is 0 Å². The van der Waals surface area contributed by atoms with Gasteiger partial charge in [-0.2, -0.15) is 0 Å². The van der Waals surface area contributed by atoms with Crippen LogP contribution in [0.2, 0.25) is 0 Å². The van der Waals surface area contributed by atoms with Crippen LogP contribution in [0.3, 0.4) is 0 Å². The van der Waals surface area contributed by atoms with Crippen molar-refractivity contribution in [2.75, 3.05) is 43.6 Å². The van der Waals surface area contributed by atoms with Crippen LogP contribution >= 0.6 is 0 Å². The molecule has 1 aliphatic heterocycles. The summed E-state index contributed by atoms with van der Waals surface area (Å²) in [4.78, 5) is 16.6. The Morgan fingerprint density at radius 2 is 1.71 bits per heavy atom. The van der Waals surface area contributed by atoms with Crippen LogP contribution < -0.4 is 10.2 Å². The molecule has 0 aliphatic carbocycles. The fourth-order valence-electron chi connectivity index (χ4n) is 3.47. The lowest BCUT2D eigenvalue weighted by Crippen LogP contribution is -2.36. The molecule has 5 heteroatoms. The quantitative estimate of drug-likeness (QED) is 0.738. The van der Waals surface area contributed by atoms with Gasteiger partial charge in [-0.25, -0.2) is 4.79 Å². The molecule has 0 atom stereocenters. The molecule has 0 saturated carbocycles. The molecular weight excluding hydrogens is 350 g/mol. The molecule has 3 aromatic carbocycles. The largest absolute Gasteiger partial charge is 0.378 e. The number of amides is 2. The second kappa shape index (κ2) is 8.31. The van der Waals surface area contributed by atoms with Crippen molar-refractivity contribution in [2.45, 2.75) is 6.54 Å². The molecule has 0 radical (unpaired) electrons. The number of hydrogen-bond donors (Lipinski definition) is 1. The summed E-state index contributed by atoms with van der Waals surface area (Å²) in [5.41, 5.74) is 3.11. The summed E-state index contributed by atoms with van der Waals surface area (Å²) in [6, 6.07) is 22.4. The van der Waals surface area contributed by atoms with Crippen molar-refractivity contribution in [3.05, 3.63) is 72.3 Å². The second-order valence-corrected chi connectivity index (χ2v) is 7.11. The van der Waals surface area contributed by atoms with E-state index in [1.165, 1.54) is 5.69 Å². The number of benzene rings is 3. The second-order valence-electron chi connectivity index (χ2n) is 7.11. The molecule has 1 heterocycles. The van der Waals surface area contributed by atoms with Gasteiger partial charge in [0.25, 0.3) is 0 Å². The maximum atomic E-state index is 12.6. The van der Waals surface area contributed by atoms with Crippen LogP contribution in [0.15, 0.2) is 66.7 Å². The number of ether oxygens (including phenoxy) is 1. The summed E-state index contributed by atoms with van der Waals surface area (Å²) in [5, 5.41) is 5.26. The molecule has 144 valence electrons. The Morgan fingerprint density at radius 1 is 1.00 bits per heavy atom. The minimum Gasteiger partial charge on any atom is -0.378 e. The van der Waals surface area contributed by atoms with E-state index in [0.29, 0.717) is 6.54 Å². The van der Waals surface area contributed by atoms with Gasteiger partial charge in [-0.05, 0) is 40.6 Å². The lowest BCUT2D eigenvalue weighted by Gasteiger charge is -2.29. The zero-order chi connectivity index (χ0) is 19.3. The third kappa shape index (κ3) is 4.26. The predicted molar refractivity (Wildman–Crippen MR) is 114 cm³/mol. The molecular formula is C23H25N3O2. The smallest absolute Gasteiger partial charge is 0.321 e. The number of anilines is 2. The van der Waals surface area contributed by atoms with Gasteiger partial charge in [0, 0.05) is 38.1 Å². The molecule has 1 N–H and O–H groups in total. The van der Waals surface area contributed by atoms with Crippen LogP contribution in [0.1, 0.15) is 5.56 Å². The van der Waals surface area contributed by atoms with E-state index in [-0.39, 0.29) is 6.03 Å². The minimum absolute atomic E-state index is 0.118. The highest BCUT2D eigenvalue weighted by Gasteiger charge is 2.13. The molecule has 5 nitrogen and oxygen atoms in total. The van der Waals surface area contributed by atoms with Gasteiger partial charge in [0.1, 0.15) is 0 Å². The zero-order valence-electron chi connectivity index (χ0n) is 16.1. The molecule has 3 aromatic rings. The molecule has 1 fully saturated rings. The monoisotopic (exact) mass is 375 g/mol. The summed E-state index contributed by atoms with van der Waals surface area (Å²) < 4.78 is 5.40. The van der Waals surface area contributed by atoms with E-state index in [9.17, 15) is 4.79 Å². The molecule has 0 spiro atoms. The number of urea groups is 1. The van der Waals surface area contributed by atoms with Crippen molar-refractivity contribution >= 4 is 28.2 Å². The van der Waals surface area contributed by atoms with E-state index in [2.05, 4.69) is 40.5 Å². The molecule has 1 aliphatic rings. The SMILES string of the molecule is CN(Cc1ccc(N2CCOCC2)cc1)C(=O)Nc1ccc2ccccc2c1. The maximum absolute atomic E-state index is 12.6. The first-order chi connectivity index (χ1) is 13.7. The van der Waals surface area contributed by atoms with Gasteiger partial charge in [-0.1, -0.05) is 42.5 Å². The van der Waals surface area contributed by atoms with Crippen molar-refractivity contribution < 1.29 is 9.53 Å². The molecule has 0 unspecified atom stereocenters. The van der Waals surface area contributed by atoms with Gasteiger partial charge in [0.05, 0.1) is 13.2 Å². The number of fused-ring (bicyclic) bond motifs is 1. The van der Waals surface area contributed by atoms with E-state index in [4.69, 9.17) is 4.74 Å². The number of hydrogen-bond acceptors (Lipinski definition) is 3. The first-order valence-corrected chi connectivity index (χ1v) is 9.61. The van der Waals surface area contributed by atoms with Crippen molar-refractivity contribution in [1.82, 2.24) is 4.90 Å². The van der Waals surface area contributed by atoms with Gasteiger partial charge in [-0.3, -0.25) is 0 Å². The van der Waals surface area contributed by atoms with Gasteiger partial charge < -0.3 is 19.9 Å². The lowest BCUT2D eigenvalue weighted by atomic mass is 10.1. The van der Waals surface area contributed by atoms with E-state index in [1.807, 2.05) is 43.4 Å². The van der Waals surface area contributed by atoms with Crippen LogP contribution in [-0.2, 0) is 11.3 Å². The van der Waals surface area contributed by atoms with Crippen molar-refractivity contribution in [3.8, 4) is 0 Å². The Hall–Kier alpha value is -3.05. The molecule has 4 rings (SSSR count). The van der Waals surface area contributed by atoms with Crippen LogP contribution in [-0.4, -0.2) is 44.3 Å². The molecule has 1 saturated heterocycles. The third-order valence-corrected chi connectivity index (χ3v) is 5.08. The first-order valence-electron chi connectivity index (χ1n) is 9.61. The Morgan fingerprint density at radius 3 is 2.46 bits per heavy atom. The van der Waals surface area contributed by atoms with Crippen LogP contribution in [0, 0.1) is 0 Å². The van der Waals surface area contributed by atoms with Crippen LogP contribution in [0.4, 0.5) is 16.2 Å². The number of rotatable bonds is 4. The summed E-state index contributed by atoms with van der Waals surface area (Å²) >= 11 is 0. The Kier molecular flexibility index (Phi) is 5.44. The fraction of sp³-hybridized carbons (Fsp3) is 0.261. The maximum Gasteiger partial charge on any atom is 0.321 e. The number of carbonyl (C=O) groups excluding carboxylic acids is 1. The van der Waals surface area contributed by atoms with E-state index >= 15 is 0 Å². The highest BCUT2D eigenvalue weighted by atomic mass is 16.5. The summed E-state index contributed by atoms with van der Waals surface area (Å²) in [6.45, 7) is 3.96. The zero-order valence-corrected chi connectivity index (χ0v) is 16.1. The number of carbonyl (C=O) groups is 1. The topological polar surface area (TPSA) is 44.8 Å². The average Bonchev–Trinajstić information content (AvgIpc) is 2.75. The van der Waals surface area contributed by atoms with Gasteiger partial charge in [-0.15, -0.1) is 0 Å². The number of morpholine rings is 1.